The summed E-state index contributed by atoms with van der Waals surface area (Å²) in [6, 6.07) is 4.17. The summed E-state index contributed by atoms with van der Waals surface area (Å²) in [4.78, 5) is 2.45. The van der Waals surface area contributed by atoms with Crippen molar-refractivity contribution in [3.63, 3.8) is 0 Å². The summed E-state index contributed by atoms with van der Waals surface area (Å²) in [7, 11) is 1.96. The van der Waals surface area contributed by atoms with Gasteiger partial charge < -0.3 is 0 Å². The Kier molecular flexibility index (Phi) is 2.68. The maximum absolute atomic E-state index is 4.42. The quantitative estimate of drug-likeness (QED) is 0.861. The third-order valence-electron chi connectivity index (χ3n) is 3.39. The van der Waals surface area contributed by atoms with Gasteiger partial charge in [0.05, 0.1) is 5.69 Å². The standard InChI is InChI=1S/C12H17N5/c1-16-6-4-11(15-16)9-17-7-3-10(8-17)12-2-5-13-14-12/h2,4-6,10H,3,7-9H2,1H3,(H,13,14). The second-order valence-corrected chi connectivity index (χ2v) is 4.71. The Morgan fingerprint density at radius 1 is 1.47 bits per heavy atom. The number of hydrogen-bond donors (Lipinski definition) is 1. The van der Waals surface area contributed by atoms with Crippen LogP contribution in [-0.4, -0.2) is 38.0 Å². The van der Waals surface area contributed by atoms with Gasteiger partial charge in [0.2, 0.25) is 0 Å². The molecule has 0 radical (unpaired) electrons. The number of aromatic amines is 1. The molecule has 1 atom stereocenters. The molecule has 1 fully saturated rings. The molecule has 3 rings (SSSR count). The van der Waals surface area contributed by atoms with E-state index in [4.69, 9.17) is 0 Å². The first-order valence-corrected chi connectivity index (χ1v) is 6.01. The van der Waals surface area contributed by atoms with Crippen molar-refractivity contribution in [2.75, 3.05) is 13.1 Å². The van der Waals surface area contributed by atoms with Crippen molar-refractivity contribution >= 4 is 0 Å². The molecule has 2 aromatic rings. The molecule has 1 N–H and O–H groups in total. The third-order valence-corrected chi connectivity index (χ3v) is 3.39. The van der Waals surface area contributed by atoms with E-state index in [1.165, 1.54) is 12.1 Å². The Labute approximate surface area is 100 Å². The molecular weight excluding hydrogens is 214 g/mol. The van der Waals surface area contributed by atoms with Gasteiger partial charge in [0, 0.05) is 44.1 Å². The van der Waals surface area contributed by atoms with Crippen LogP contribution in [0.4, 0.5) is 0 Å². The summed E-state index contributed by atoms with van der Waals surface area (Å²) in [6.45, 7) is 3.19. The van der Waals surface area contributed by atoms with E-state index in [1.54, 1.807) is 0 Å². The average molecular weight is 231 g/mol. The fraction of sp³-hybridized carbons (Fsp3) is 0.500. The van der Waals surface area contributed by atoms with Crippen molar-refractivity contribution in [1.82, 2.24) is 24.9 Å². The number of aromatic nitrogens is 4. The molecule has 3 heterocycles. The van der Waals surface area contributed by atoms with E-state index in [2.05, 4.69) is 32.3 Å². The van der Waals surface area contributed by atoms with Gasteiger partial charge in [0.25, 0.3) is 0 Å². The van der Waals surface area contributed by atoms with Crippen molar-refractivity contribution in [2.24, 2.45) is 7.05 Å². The van der Waals surface area contributed by atoms with Gasteiger partial charge in [-0.05, 0) is 25.1 Å². The first-order chi connectivity index (χ1) is 8.31. The summed E-state index contributed by atoms with van der Waals surface area (Å²) < 4.78 is 1.86. The van der Waals surface area contributed by atoms with Crippen molar-refractivity contribution in [3.05, 3.63) is 35.9 Å². The lowest BCUT2D eigenvalue weighted by atomic mass is 10.1. The summed E-state index contributed by atoms with van der Waals surface area (Å²) in [5.74, 6) is 0.598. The van der Waals surface area contributed by atoms with E-state index in [9.17, 15) is 0 Å². The predicted octanol–water partition coefficient (Wildman–Crippen LogP) is 1.13. The van der Waals surface area contributed by atoms with Gasteiger partial charge in [-0.25, -0.2) is 0 Å². The summed E-state index contributed by atoms with van der Waals surface area (Å²) in [6.07, 6.45) is 5.03. The molecule has 1 aliphatic heterocycles. The van der Waals surface area contributed by atoms with Crippen molar-refractivity contribution < 1.29 is 0 Å². The average Bonchev–Trinajstić information content (AvgIpc) is 3.00. The second kappa shape index (κ2) is 4.33. The maximum atomic E-state index is 4.42. The lowest BCUT2D eigenvalue weighted by Gasteiger charge is -2.13. The van der Waals surface area contributed by atoms with E-state index >= 15 is 0 Å². The molecule has 0 bridgehead atoms. The van der Waals surface area contributed by atoms with E-state index in [0.29, 0.717) is 5.92 Å². The van der Waals surface area contributed by atoms with Crippen LogP contribution in [0.15, 0.2) is 24.5 Å². The topological polar surface area (TPSA) is 49.7 Å². The van der Waals surface area contributed by atoms with Crippen LogP contribution in [0.5, 0.6) is 0 Å². The number of nitrogens with one attached hydrogen (secondary N) is 1. The zero-order chi connectivity index (χ0) is 11.7. The van der Waals surface area contributed by atoms with Gasteiger partial charge in [-0.2, -0.15) is 10.2 Å². The molecule has 1 saturated heterocycles. The maximum Gasteiger partial charge on any atom is 0.0764 e. The minimum Gasteiger partial charge on any atom is -0.297 e. The van der Waals surface area contributed by atoms with Gasteiger partial charge in [0.15, 0.2) is 0 Å². The number of hydrogen-bond acceptors (Lipinski definition) is 3. The summed E-state index contributed by atoms with van der Waals surface area (Å²) in [5, 5.41) is 11.5. The molecule has 1 aliphatic rings. The Morgan fingerprint density at radius 3 is 3.12 bits per heavy atom. The molecule has 0 saturated carbocycles. The van der Waals surface area contributed by atoms with Crippen LogP contribution in [0, 0.1) is 0 Å². The molecule has 17 heavy (non-hydrogen) atoms. The third kappa shape index (κ3) is 2.24. The van der Waals surface area contributed by atoms with Gasteiger partial charge in [-0.15, -0.1) is 0 Å². The van der Waals surface area contributed by atoms with Crippen LogP contribution in [0.25, 0.3) is 0 Å². The summed E-state index contributed by atoms with van der Waals surface area (Å²) in [5.41, 5.74) is 2.41. The molecule has 0 aromatic carbocycles. The Balaban J connectivity index is 1.61. The van der Waals surface area contributed by atoms with Crippen LogP contribution < -0.4 is 0 Å². The lowest BCUT2D eigenvalue weighted by Crippen LogP contribution is -2.20. The number of aryl methyl sites for hydroxylation is 1. The SMILES string of the molecule is Cn1ccc(CN2CCC(c3ccn[nH]3)C2)n1. The molecule has 0 aliphatic carbocycles. The molecular formula is C12H17N5. The molecule has 0 spiro atoms. The Morgan fingerprint density at radius 2 is 2.41 bits per heavy atom. The van der Waals surface area contributed by atoms with Crippen molar-refractivity contribution in [1.29, 1.82) is 0 Å². The van der Waals surface area contributed by atoms with Crippen LogP contribution in [0.1, 0.15) is 23.7 Å². The fourth-order valence-corrected chi connectivity index (χ4v) is 2.50. The molecule has 5 nitrogen and oxygen atoms in total. The smallest absolute Gasteiger partial charge is 0.0764 e. The van der Waals surface area contributed by atoms with Crippen LogP contribution in [0.2, 0.25) is 0 Å². The first kappa shape index (κ1) is 10.5. The van der Waals surface area contributed by atoms with Crippen molar-refractivity contribution in [3.8, 4) is 0 Å². The summed E-state index contributed by atoms with van der Waals surface area (Å²) >= 11 is 0. The normalized spacial score (nSPS) is 21.1. The lowest BCUT2D eigenvalue weighted by molar-refractivity contribution is 0.321. The van der Waals surface area contributed by atoms with Gasteiger partial charge in [-0.1, -0.05) is 0 Å². The molecule has 90 valence electrons. The predicted molar refractivity (Wildman–Crippen MR) is 64.4 cm³/mol. The van der Waals surface area contributed by atoms with E-state index in [-0.39, 0.29) is 0 Å². The van der Waals surface area contributed by atoms with E-state index in [1.807, 2.05) is 24.1 Å². The first-order valence-electron chi connectivity index (χ1n) is 6.01. The monoisotopic (exact) mass is 231 g/mol. The Hall–Kier alpha value is -1.62. The van der Waals surface area contributed by atoms with E-state index in [0.717, 1.165) is 25.3 Å². The number of H-pyrrole nitrogens is 1. The van der Waals surface area contributed by atoms with Crippen molar-refractivity contribution in [2.45, 2.75) is 18.9 Å². The highest BCUT2D eigenvalue weighted by Crippen LogP contribution is 2.26. The minimum atomic E-state index is 0.598. The zero-order valence-electron chi connectivity index (χ0n) is 10.0. The Bertz CT molecular complexity index is 473. The number of likely N-dealkylation sites (tertiary alicyclic amines) is 1. The highest BCUT2D eigenvalue weighted by molar-refractivity contribution is 5.09. The van der Waals surface area contributed by atoms with Gasteiger partial charge >= 0.3 is 0 Å². The highest BCUT2D eigenvalue weighted by atomic mass is 15.3. The number of rotatable bonds is 3. The van der Waals surface area contributed by atoms with E-state index < -0.39 is 0 Å². The molecule has 2 aromatic heterocycles. The van der Waals surface area contributed by atoms with Crippen LogP contribution in [0.3, 0.4) is 0 Å². The van der Waals surface area contributed by atoms with Gasteiger partial charge in [0.1, 0.15) is 0 Å². The molecule has 1 unspecified atom stereocenters. The van der Waals surface area contributed by atoms with Crippen LogP contribution in [-0.2, 0) is 13.6 Å². The molecule has 0 amide bonds. The largest absolute Gasteiger partial charge is 0.297 e. The second-order valence-electron chi connectivity index (χ2n) is 4.71. The van der Waals surface area contributed by atoms with Crippen LogP contribution >= 0.6 is 0 Å². The molecule has 5 heteroatoms. The van der Waals surface area contributed by atoms with Gasteiger partial charge in [-0.3, -0.25) is 14.7 Å². The fourth-order valence-electron chi connectivity index (χ4n) is 2.50. The minimum absolute atomic E-state index is 0.598. The number of nitrogens with zero attached hydrogens (tertiary/aromatic N) is 4. The zero-order valence-corrected chi connectivity index (χ0v) is 10.0. The highest BCUT2D eigenvalue weighted by Gasteiger charge is 2.24.